The average Bonchev–Trinajstić information content (AvgIpc) is 3.57. The minimum atomic E-state index is 0.00354. The number of thioether (sulfide) groups is 1. The SMILES string of the molecule is O=C1/C(=C/c2cc(-c3ccc4ccccc4c3)cs2)SC(=S)N1CCCCCc1nn[nH]n1. The number of hydrogen-bond acceptors (Lipinski definition) is 7. The average molecular weight is 492 g/mol. The third-order valence-corrected chi connectivity index (χ3v) is 7.78. The fourth-order valence-electron chi connectivity index (χ4n) is 3.79. The van der Waals surface area contributed by atoms with Gasteiger partial charge in [0, 0.05) is 17.8 Å². The Bertz CT molecular complexity index is 1330. The smallest absolute Gasteiger partial charge is 0.266 e. The van der Waals surface area contributed by atoms with Gasteiger partial charge >= 0.3 is 0 Å². The molecule has 0 spiro atoms. The monoisotopic (exact) mass is 491 g/mol. The molecule has 0 atom stereocenters. The van der Waals surface area contributed by atoms with E-state index in [4.69, 9.17) is 12.2 Å². The van der Waals surface area contributed by atoms with E-state index in [0.717, 1.165) is 41.9 Å². The number of rotatable bonds is 8. The van der Waals surface area contributed by atoms with Gasteiger partial charge in [0.1, 0.15) is 4.32 Å². The van der Waals surface area contributed by atoms with Gasteiger partial charge in [0.15, 0.2) is 5.82 Å². The number of H-pyrrole nitrogens is 1. The molecule has 1 N–H and O–H groups in total. The number of hydrogen-bond donors (Lipinski definition) is 1. The Morgan fingerprint density at radius 1 is 1.03 bits per heavy atom. The molecule has 2 aromatic heterocycles. The van der Waals surface area contributed by atoms with Gasteiger partial charge in [-0.3, -0.25) is 9.69 Å². The Morgan fingerprint density at radius 2 is 1.91 bits per heavy atom. The third-order valence-electron chi connectivity index (χ3n) is 5.52. The maximum Gasteiger partial charge on any atom is 0.266 e. The van der Waals surface area contributed by atoms with Gasteiger partial charge in [-0.25, -0.2) is 0 Å². The summed E-state index contributed by atoms with van der Waals surface area (Å²) in [6.45, 7) is 0.640. The standard InChI is InChI=1S/C24H21N5OS3/c30-23-21(33-24(31)29(23)11-5-1-2-8-22-25-27-28-26-22)14-20-13-19(15-32-20)18-10-9-16-6-3-4-7-17(16)12-18/h3-4,6-7,9-10,12-15H,1-2,5,8,11H2,(H,25,26,27,28)/b21-14-. The Hall–Kier alpha value is -2.88. The first-order valence-corrected chi connectivity index (χ1v) is 12.8. The highest BCUT2D eigenvalue weighted by Gasteiger charge is 2.31. The molecule has 0 unspecified atom stereocenters. The van der Waals surface area contributed by atoms with Crippen LogP contribution in [0.5, 0.6) is 0 Å². The molecule has 1 aliphatic heterocycles. The lowest BCUT2D eigenvalue weighted by Crippen LogP contribution is -2.29. The van der Waals surface area contributed by atoms with Crippen molar-refractivity contribution in [1.82, 2.24) is 25.5 Å². The summed E-state index contributed by atoms with van der Waals surface area (Å²) in [6, 6.07) is 17.0. The van der Waals surface area contributed by atoms with Crippen molar-refractivity contribution in [2.45, 2.75) is 25.7 Å². The van der Waals surface area contributed by atoms with Crippen LogP contribution in [0.4, 0.5) is 0 Å². The number of thiocarbonyl (C=S) groups is 1. The molecule has 2 aromatic carbocycles. The number of aromatic nitrogens is 4. The van der Waals surface area contributed by atoms with E-state index < -0.39 is 0 Å². The molecule has 1 aliphatic rings. The lowest BCUT2D eigenvalue weighted by atomic mass is 10.0. The van der Waals surface area contributed by atoms with Crippen LogP contribution >= 0.6 is 35.3 Å². The summed E-state index contributed by atoms with van der Waals surface area (Å²) in [6.07, 6.45) is 5.57. The quantitative estimate of drug-likeness (QED) is 0.194. The lowest BCUT2D eigenvalue weighted by molar-refractivity contribution is -0.122. The Kier molecular flexibility index (Phi) is 6.61. The number of aromatic amines is 1. The molecule has 0 bridgehead atoms. The van der Waals surface area contributed by atoms with Crippen LogP contribution in [0.25, 0.3) is 28.0 Å². The number of thiophene rings is 1. The van der Waals surface area contributed by atoms with Gasteiger partial charge in [-0.05, 0) is 58.3 Å². The van der Waals surface area contributed by atoms with Crippen LogP contribution in [0, 0.1) is 0 Å². The summed E-state index contributed by atoms with van der Waals surface area (Å²) >= 11 is 8.51. The summed E-state index contributed by atoms with van der Waals surface area (Å²) in [5.41, 5.74) is 2.34. The van der Waals surface area contributed by atoms with Crippen molar-refractivity contribution in [3.8, 4) is 11.1 Å². The number of tetrazole rings is 1. The zero-order valence-corrected chi connectivity index (χ0v) is 20.2. The number of nitrogens with zero attached hydrogens (tertiary/aromatic N) is 4. The molecule has 3 heterocycles. The van der Waals surface area contributed by atoms with Crippen molar-refractivity contribution >= 4 is 62.4 Å². The molecule has 166 valence electrons. The molecule has 5 rings (SSSR count). The van der Waals surface area contributed by atoms with E-state index in [1.807, 2.05) is 6.08 Å². The van der Waals surface area contributed by atoms with Crippen molar-refractivity contribution in [3.63, 3.8) is 0 Å². The van der Waals surface area contributed by atoms with Crippen molar-refractivity contribution < 1.29 is 4.79 Å². The van der Waals surface area contributed by atoms with Gasteiger partial charge in [-0.1, -0.05) is 72.0 Å². The maximum absolute atomic E-state index is 12.9. The highest BCUT2D eigenvalue weighted by molar-refractivity contribution is 8.26. The highest BCUT2D eigenvalue weighted by atomic mass is 32.2. The topological polar surface area (TPSA) is 74.8 Å². The number of amides is 1. The van der Waals surface area contributed by atoms with Crippen LogP contribution in [0.2, 0.25) is 0 Å². The number of aryl methyl sites for hydroxylation is 1. The third kappa shape index (κ3) is 5.05. The molecule has 9 heteroatoms. The first kappa shape index (κ1) is 21.9. The van der Waals surface area contributed by atoms with Crippen molar-refractivity contribution in [1.29, 1.82) is 0 Å². The fourth-order valence-corrected chi connectivity index (χ4v) is 6.01. The number of nitrogens with one attached hydrogen (secondary N) is 1. The lowest BCUT2D eigenvalue weighted by Gasteiger charge is -2.13. The molecular weight excluding hydrogens is 470 g/mol. The van der Waals surface area contributed by atoms with Gasteiger partial charge in [-0.15, -0.1) is 21.5 Å². The minimum absolute atomic E-state index is 0.00354. The van der Waals surface area contributed by atoms with Gasteiger partial charge < -0.3 is 0 Å². The molecule has 1 amide bonds. The second-order valence-corrected chi connectivity index (χ2v) is 10.4. The predicted molar refractivity (Wildman–Crippen MR) is 139 cm³/mol. The van der Waals surface area contributed by atoms with E-state index in [9.17, 15) is 4.79 Å². The van der Waals surface area contributed by atoms with Crippen molar-refractivity contribution in [3.05, 3.63) is 69.5 Å². The summed E-state index contributed by atoms with van der Waals surface area (Å²) < 4.78 is 0.635. The summed E-state index contributed by atoms with van der Waals surface area (Å²) in [7, 11) is 0. The van der Waals surface area contributed by atoms with Crippen molar-refractivity contribution in [2.75, 3.05) is 6.54 Å². The number of fused-ring (bicyclic) bond motifs is 1. The molecule has 0 saturated carbocycles. The van der Waals surface area contributed by atoms with E-state index >= 15 is 0 Å². The molecule has 1 saturated heterocycles. The van der Waals surface area contributed by atoms with Crippen LogP contribution in [0.3, 0.4) is 0 Å². The first-order chi connectivity index (χ1) is 16.2. The van der Waals surface area contributed by atoms with Crippen molar-refractivity contribution in [2.24, 2.45) is 0 Å². The maximum atomic E-state index is 12.9. The molecular formula is C24H21N5OS3. The van der Waals surface area contributed by atoms with Crippen LogP contribution in [0.1, 0.15) is 30.0 Å². The van der Waals surface area contributed by atoms with E-state index in [-0.39, 0.29) is 5.91 Å². The predicted octanol–water partition coefficient (Wildman–Crippen LogP) is 5.70. The second kappa shape index (κ2) is 9.94. The molecule has 1 fully saturated rings. The van der Waals surface area contributed by atoms with Gasteiger partial charge in [0.25, 0.3) is 5.91 Å². The highest BCUT2D eigenvalue weighted by Crippen LogP contribution is 2.35. The number of unbranched alkanes of at least 4 members (excludes halogenated alkanes) is 2. The van der Waals surface area contributed by atoms with Crippen LogP contribution in [-0.4, -0.2) is 42.3 Å². The fraction of sp³-hybridized carbons (Fsp3) is 0.208. The van der Waals surface area contributed by atoms with E-state index in [2.05, 4.69) is 74.5 Å². The summed E-state index contributed by atoms with van der Waals surface area (Å²) in [4.78, 5) is 16.4. The Labute approximate surface area is 205 Å². The molecule has 4 aromatic rings. The number of carbonyl (C=O) groups excluding carboxylic acids is 1. The zero-order valence-electron chi connectivity index (χ0n) is 17.7. The van der Waals surface area contributed by atoms with Gasteiger partial charge in [0.2, 0.25) is 0 Å². The van der Waals surface area contributed by atoms with Crippen LogP contribution in [0.15, 0.2) is 58.8 Å². The van der Waals surface area contributed by atoms with Gasteiger partial charge in [-0.2, -0.15) is 5.21 Å². The Balaban J connectivity index is 1.21. The summed E-state index contributed by atoms with van der Waals surface area (Å²) in [5.74, 6) is 0.728. The zero-order chi connectivity index (χ0) is 22.6. The van der Waals surface area contributed by atoms with E-state index in [0.29, 0.717) is 15.8 Å². The molecule has 0 aliphatic carbocycles. The molecule has 0 radical (unpaired) electrons. The Morgan fingerprint density at radius 3 is 2.76 bits per heavy atom. The second-order valence-electron chi connectivity index (χ2n) is 7.77. The molecule has 6 nitrogen and oxygen atoms in total. The van der Waals surface area contributed by atoms with E-state index in [1.54, 1.807) is 16.2 Å². The largest absolute Gasteiger partial charge is 0.293 e. The van der Waals surface area contributed by atoms with Crippen LogP contribution in [-0.2, 0) is 11.2 Å². The van der Waals surface area contributed by atoms with Gasteiger partial charge in [0.05, 0.1) is 4.91 Å². The first-order valence-electron chi connectivity index (χ1n) is 10.7. The molecule has 33 heavy (non-hydrogen) atoms. The van der Waals surface area contributed by atoms with E-state index in [1.165, 1.54) is 28.1 Å². The van der Waals surface area contributed by atoms with Crippen LogP contribution < -0.4 is 0 Å². The normalized spacial score (nSPS) is 15.3. The number of carbonyl (C=O) groups is 1. The minimum Gasteiger partial charge on any atom is -0.293 e. The number of benzene rings is 2. The summed E-state index contributed by atoms with van der Waals surface area (Å²) in [5, 5.41) is 18.5.